The van der Waals surface area contributed by atoms with Gasteiger partial charge in [0.1, 0.15) is 0 Å². The number of carboxylic acids is 1. The summed E-state index contributed by atoms with van der Waals surface area (Å²) in [6.45, 7) is -0.219. The third-order valence-electron chi connectivity index (χ3n) is 2.23. The van der Waals surface area contributed by atoms with Crippen molar-refractivity contribution in [1.29, 1.82) is 0 Å². The van der Waals surface area contributed by atoms with E-state index >= 15 is 0 Å². The van der Waals surface area contributed by atoms with Crippen LogP contribution in [-0.4, -0.2) is 46.4 Å². The molecule has 1 aromatic heterocycles. The van der Waals surface area contributed by atoms with Crippen molar-refractivity contribution < 1.29 is 19.5 Å². The predicted molar refractivity (Wildman–Crippen MR) is 67.1 cm³/mol. The molecule has 0 aliphatic carbocycles. The number of aliphatic carboxylic acids is 1. The second-order valence-corrected chi connectivity index (χ2v) is 3.76. The van der Waals surface area contributed by atoms with E-state index in [2.05, 4.69) is 4.98 Å². The number of nitrogens with zero attached hydrogens (tertiary/aromatic N) is 2. The van der Waals surface area contributed by atoms with E-state index in [1.807, 2.05) is 0 Å². The average Bonchev–Trinajstić information content (AvgIpc) is 2.35. The van der Waals surface area contributed by atoms with Crippen LogP contribution in [0.25, 0.3) is 6.08 Å². The molecule has 0 bridgehead atoms. The first kappa shape index (κ1) is 14.4. The van der Waals surface area contributed by atoms with Crippen LogP contribution in [0, 0.1) is 0 Å². The van der Waals surface area contributed by atoms with Crippen molar-refractivity contribution in [2.75, 3.05) is 13.6 Å². The molecule has 100 valence electrons. The van der Waals surface area contributed by atoms with Crippen LogP contribution in [0.5, 0.6) is 0 Å². The number of nitrogens with two attached hydrogens (primary N) is 1. The first-order valence-electron chi connectivity index (χ1n) is 5.30. The van der Waals surface area contributed by atoms with Gasteiger partial charge < -0.3 is 15.7 Å². The standard InChI is InChI=1S/C12H13N3O4/c1-15(7-10(13)16)12(19)9-4-5-14-6-8(9)2-3-11(17)18/h2-6H,7H2,1H3,(H2,13,16)(H,17,18). The topological polar surface area (TPSA) is 114 Å². The number of pyridine rings is 1. The zero-order chi connectivity index (χ0) is 14.4. The lowest BCUT2D eigenvalue weighted by Gasteiger charge is -2.16. The number of primary amides is 1. The maximum absolute atomic E-state index is 12.1. The van der Waals surface area contributed by atoms with Gasteiger partial charge in [-0.05, 0) is 12.1 Å². The van der Waals surface area contributed by atoms with Crippen LogP contribution in [0.1, 0.15) is 15.9 Å². The third kappa shape index (κ3) is 4.23. The summed E-state index contributed by atoms with van der Waals surface area (Å²) in [7, 11) is 1.43. The zero-order valence-electron chi connectivity index (χ0n) is 10.2. The second kappa shape index (κ2) is 6.29. The Morgan fingerprint density at radius 3 is 2.74 bits per heavy atom. The van der Waals surface area contributed by atoms with Gasteiger partial charge in [-0.15, -0.1) is 0 Å². The molecule has 0 aromatic carbocycles. The van der Waals surface area contributed by atoms with Gasteiger partial charge in [-0.2, -0.15) is 0 Å². The van der Waals surface area contributed by atoms with Crippen LogP contribution in [0.2, 0.25) is 0 Å². The molecule has 0 unspecified atom stereocenters. The minimum absolute atomic E-state index is 0.219. The van der Waals surface area contributed by atoms with Crippen molar-refractivity contribution in [3.05, 3.63) is 35.7 Å². The summed E-state index contributed by atoms with van der Waals surface area (Å²) in [5.41, 5.74) is 5.61. The SMILES string of the molecule is CN(CC(N)=O)C(=O)c1ccncc1C=CC(=O)O. The van der Waals surface area contributed by atoms with Crippen molar-refractivity contribution >= 4 is 23.9 Å². The molecule has 0 spiro atoms. The highest BCUT2D eigenvalue weighted by molar-refractivity contribution is 6.00. The van der Waals surface area contributed by atoms with E-state index < -0.39 is 17.8 Å². The van der Waals surface area contributed by atoms with Crippen molar-refractivity contribution in [2.45, 2.75) is 0 Å². The molecule has 0 aliphatic rings. The van der Waals surface area contributed by atoms with Gasteiger partial charge in [0.05, 0.1) is 6.54 Å². The number of aromatic nitrogens is 1. The molecule has 3 N–H and O–H groups in total. The minimum Gasteiger partial charge on any atom is -0.478 e. The summed E-state index contributed by atoms with van der Waals surface area (Å²) in [4.78, 5) is 38.3. The number of hydrogen-bond acceptors (Lipinski definition) is 4. The number of carbonyl (C=O) groups excluding carboxylic acids is 2. The third-order valence-corrected chi connectivity index (χ3v) is 2.23. The Kier molecular flexibility index (Phi) is 4.76. The molecule has 0 aliphatic heterocycles. The summed E-state index contributed by atoms with van der Waals surface area (Å²) in [6.07, 6.45) is 4.94. The fourth-order valence-electron chi connectivity index (χ4n) is 1.41. The fourth-order valence-corrected chi connectivity index (χ4v) is 1.41. The van der Waals surface area contributed by atoms with E-state index in [4.69, 9.17) is 10.8 Å². The Balaban J connectivity index is 3.03. The van der Waals surface area contributed by atoms with E-state index in [1.54, 1.807) is 0 Å². The maximum atomic E-state index is 12.1. The van der Waals surface area contributed by atoms with Crippen LogP contribution < -0.4 is 5.73 Å². The molecule has 0 saturated carbocycles. The molecule has 7 heteroatoms. The largest absolute Gasteiger partial charge is 0.478 e. The molecule has 19 heavy (non-hydrogen) atoms. The fraction of sp³-hybridized carbons (Fsp3) is 0.167. The Bertz CT molecular complexity index is 540. The number of rotatable bonds is 5. The van der Waals surface area contributed by atoms with Crippen molar-refractivity contribution in [3.63, 3.8) is 0 Å². The summed E-state index contributed by atoms with van der Waals surface area (Å²) in [5.74, 6) is -2.20. The highest BCUT2D eigenvalue weighted by atomic mass is 16.4. The van der Waals surface area contributed by atoms with Gasteiger partial charge in [0.15, 0.2) is 0 Å². The molecule has 0 fully saturated rings. The van der Waals surface area contributed by atoms with Crippen molar-refractivity contribution in [1.82, 2.24) is 9.88 Å². The normalized spacial score (nSPS) is 10.4. The Morgan fingerprint density at radius 1 is 1.47 bits per heavy atom. The molecular formula is C12H13N3O4. The zero-order valence-corrected chi connectivity index (χ0v) is 10.2. The summed E-state index contributed by atoms with van der Waals surface area (Å²) < 4.78 is 0. The van der Waals surface area contributed by atoms with Gasteiger partial charge in [0, 0.05) is 36.6 Å². The number of carbonyl (C=O) groups is 3. The Hall–Kier alpha value is -2.70. The Morgan fingerprint density at radius 2 is 2.16 bits per heavy atom. The highest BCUT2D eigenvalue weighted by Crippen LogP contribution is 2.11. The summed E-state index contributed by atoms with van der Waals surface area (Å²) in [6, 6.07) is 1.45. The number of likely N-dealkylation sites (N-methyl/N-ethyl adjacent to an activating group) is 1. The average molecular weight is 263 g/mol. The second-order valence-electron chi connectivity index (χ2n) is 3.76. The first-order chi connectivity index (χ1) is 8.91. The molecule has 0 saturated heterocycles. The molecule has 7 nitrogen and oxygen atoms in total. The quantitative estimate of drug-likeness (QED) is 0.710. The smallest absolute Gasteiger partial charge is 0.328 e. The van der Waals surface area contributed by atoms with Crippen LogP contribution >= 0.6 is 0 Å². The number of carboxylic acid groups (broad SMARTS) is 1. The van der Waals surface area contributed by atoms with E-state index in [-0.39, 0.29) is 12.1 Å². The minimum atomic E-state index is -1.13. The van der Waals surface area contributed by atoms with Crippen molar-refractivity contribution in [2.24, 2.45) is 5.73 Å². The van der Waals surface area contributed by atoms with Gasteiger partial charge >= 0.3 is 5.97 Å². The molecule has 1 aromatic rings. The van der Waals surface area contributed by atoms with Gasteiger partial charge in [-0.3, -0.25) is 14.6 Å². The number of amides is 2. The van der Waals surface area contributed by atoms with Gasteiger partial charge in [0.25, 0.3) is 5.91 Å². The van der Waals surface area contributed by atoms with E-state index in [0.29, 0.717) is 5.56 Å². The first-order valence-corrected chi connectivity index (χ1v) is 5.30. The van der Waals surface area contributed by atoms with E-state index in [9.17, 15) is 14.4 Å². The molecule has 1 rings (SSSR count). The molecule has 1 heterocycles. The van der Waals surface area contributed by atoms with E-state index in [0.717, 1.165) is 11.0 Å². The van der Waals surface area contributed by atoms with Gasteiger partial charge in [-0.1, -0.05) is 0 Å². The van der Waals surface area contributed by atoms with Crippen molar-refractivity contribution in [3.8, 4) is 0 Å². The monoisotopic (exact) mass is 263 g/mol. The van der Waals surface area contributed by atoms with Gasteiger partial charge in [-0.25, -0.2) is 4.79 Å². The van der Waals surface area contributed by atoms with Gasteiger partial charge in [0.2, 0.25) is 5.91 Å². The number of hydrogen-bond donors (Lipinski definition) is 2. The van der Waals surface area contributed by atoms with Crippen LogP contribution in [0.4, 0.5) is 0 Å². The maximum Gasteiger partial charge on any atom is 0.328 e. The lowest BCUT2D eigenvalue weighted by molar-refractivity contribution is -0.131. The highest BCUT2D eigenvalue weighted by Gasteiger charge is 2.16. The van der Waals surface area contributed by atoms with Crippen LogP contribution in [-0.2, 0) is 9.59 Å². The molecule has 2 amide bonds. The van der Waals surface area contributed by atoms with E-state index in [1.165, 1.54) is 31.6 Å². The molecular weight excluding hydrogens is 250 g/mol. The molecule has 0 atom stereocenters. The lowest BCUT2D eigenvalue weighted by Crippen LogP contribution is -2.35. The molecule has 0 radical (unpaired) electrons. The lowest BCUT2D eigenvalue weighted by atomic mass is 10.1. The summed E-state index contributed by atoms with van der Waals surface area (Å²) in [5, 5.41) is 8.57. The summed E-state index contributed by atoms with van der Waals surface area (Å²) >= 11 is 0. The van der Waals surface area contributed by atoms with Crippen LogP contribution in [0.3, 0.4) is 0 Å². The van der Waals surface area contributed by atoms with Crippen LogP contribution in [0.15, 0.2) is 24.5 Å². The Labute approximate surface area is 109 Å². The predicted octanol–water partition coefficient (Wildman–Crippen LogP) is -0.263.